The number of anilines is 1. The average molecular weight is 470 g/mol. The van der Waals surface area contributed by atoms with Gasteiger partial charge in [-0.25, -0.2) is 23.5 Å². The number of piperazine rings is 1. The van der Waals surface area contributed by atoms with Crippen LogP contribution in [0.5, 0.6) is 0 Å². The van der Waals surface area contributed by atoms with Crippen molar-refractivity contribution in [1.82, 2.24) is 25.2 Å². The SMILES string of the molecule is CCc1nc2ccc(CN3CCN(c4ncc(C(=O)OC5CN5)cc4F)CC3)c(F)c2[nH]c1=O. The normalized spacial score (nSPS) is 18.3. The molecule has 2 aliphatic rings. The van der Waals surface area contributed by atoms with E-state index < -0.39 is 17.6 Å². The van der Waals surface area contributed by atoms with Crippen molar-refractivity contribution in [2.24, 2.45) is 0 Å². The molecule has 0 saturated carbocycles. The fourth-order valence-electron chi connectivity index (χ4n) is 4.03. The molecule has 4 heterocycles. The lowest BCUT2D eigenvalue weighted by molar-refractivity contribution is 0.0465. The van der Waals surface area contributed by atoms with Gasteiger partial charge in [-0.05, 0) is 18.6 Å². The largest absolute Gasteiger partial charge is 0.442 e. The van der Waals surface area contributed by atoms with Gasteiger partial charge in [0.2, 0.25) is 0 Å². The van der Waals surface area contributed by atoms with Gasteiger partial charge in [0.05, 0.1) is 11.1 Å². The average Bonchev–Trinajstić information content (AvgIpc) is 3.65. The molecule has 2 fully saturated rings. The zero-order chi connectivity index (χ0) is 23.8. The number of ether oxygens (including phenoxy) is 1. The molecule has 1 aromatic carbocycles. The van der Waals surface area contributed by atoms with Crippen molar-refractivity contribution in [1.29, 1.82) is 0 Å². The lowest BCUT2D eigenvalue weighted by Crippen LogP contribution is -2.46. The van der Waals surface area contributed by atoms with Crippen molar-refractivity contribution < 1.29 is 18.3 Å². The number of fused-ring (bicyclic) bond motifs is 1. The van der Waals surface area contributed by atoms with Crippen LogP contribution in [0, 0.1) is 11.6 Å². The van der Waals surface area contributed by atoms with Crippen LogP contribution in [-0.2, 0) is 17.7 Å². The van der Waals surface area contributed by atoms with E-state index in [-0.39, 0.29) is 28.7 Å². The fraction of sp³-hybridized carbons (Fsp3) is 0.391. The summed E-state index contributed by atoms with van der Waals surface area (Å²) in [6.45, 7) is 4.90. The number of H-pyrrole nitrogens is 1. The van der Waals surface area contributed by atoms with E-state index in [1.165, 1.54) is 6.20 Å². The summed E-state index contributed by atoms with van der Waals surface area (Å²) in [5.41, 5.74) is 1.06. The molecule has 1 unspecified atom stereocenters. The van der Waals surface area contributed by atoms with Crippen LogP contribution in [0.3, 0.4) is 0 Å². The number of carbonyl (C=O) groups excluding carboxylic acids is 1. The number of hydrogen-bond acceptors (Lipinski definition) is 8. The van der Waals surface area contributed by atoms with Crippen LogP contribution in [0.25, 0.3) is 11.0 Å². The van der Waals surface area contributed by atoms with Crippen LogP contribution in [0.4, 0.5) is 14.6 Å². The van der Waals surface area contributed by atoms with E-state index in [0.717, 1.165) is 6.07 Å². The molecular weight excluding hydrogens is 446 g/mol. The molecule has 0 spiro atoms. The Morgan fingerprint density at radius 2 is 2.00 bits per heavy atom. The Morgan fingerprint density at radius 1 is 1.24 bits per heavy atom. The zero-order valence-electron chi connectivity index (χ0n) is 18.6. The highest BCUT2D eigenvalue weighted by molar-refractivity contribution is 5.89. The van der Waals surface area contributed by atoms with Crippen LogP contribution in [0.1, 0.15) is 28.5 Å². The summed E-state index contributed by atoms with van der Waals surface area (Å²) in [5, 5.41) is 2.84. The molecule has 0 amide bonds. The number of aromatic nitrogens is 3. The van der Waals surface area contributed by atoms with Crippen LogP contribution >= 0.6 is 0 Å². The number of esters is 1. The molecule has 0 bridgehead atoms. The molecule has 2 aliphatic heterocycles. The minimum atomic E-state index is -0.613. The quantitative estimate of drug-likeness (QED) is 0.412. The number of aromatic amines is 1. The standard InChI is InChI=1S/C23H24F2N6O3/c1-2-16-22(32)29-20-17(28-16)4-3-13(19(20)25)12-30-5-7-31(8-6-30)21-15(24)9-14(10-27-21)23(33)34-18-11-26-18/h3-4,9-10,18,26H,2,5-8,11-12H2,1H3,(H,29,32). The van der Waals surface area contributed by atoms with Gasteiger partial charge in [-0.15, -0.1) is 0 Å². The molecule has 0 radical (unpaired) electrons. The molecule has 2 aromatic heterocycles. The number of nitrogens with one attached hydrogen (secondary N) is 2. The molecule has 0 aliphatic carbocycles. The Labute approximate surface area is 193 Å². The lowest BCUT2D eigenvalue weighted by Gasteiger charge is -2.35. The molecule has 5 rings (SSSR count). The highest BCUT2D eigenvalue weighted by Gasteiger charge is 2.27. The van der Waals surface area contributed by atoms with Gasteiger partial charge in [0.25, 0.3) is 5.56 Å². The van der Waals surface area contributed by atoms with Gasteiger partial charge < -0.3 is 14.6 Å². The predicted octanol–water partition coefficient (Wildman–Crippen LogP) is 1.57. The van der Waals surface area contributed by atoms with E-state index >= 15 is 4.39 Å². The van der Waals surface area contributed by atoms with Gasteiger partial charge in [0.15, 0.2) is 23.7 Å². The summed E-state index contributed by atoms with van der Waals surface area (Å²) in [7, 11) is 0. The molecule has 2 N–H and O–H groups in total. The van der Waals surface area contributed by atoms with Crippen molar-refractivity contribution in [2.45, 2.75) is 26.1 Å². The second-order valence-corrected chi connectivity index (χ2v) is 8.39. The van der Waals surface area contributed by atoms with Crippen LogP contribution in [0.2, 0.25) is 0 Å². The molecule has 178 valence electrons. The number of nitrogens with zero attached hydrogens (tertiary/aromatic N) is 4. The second kappa shape index (κ2) is 9.07. The van der Waals surface area contributed by atoms with Gasteiger partial charge in [0, 0.05) is 51.0 Å². The smallest absolute Gasteiger partial charge is 0.341 e. The monoisotopic (exact) mass is 470 g/mol. The summed E-state index contributed by atoms with van der Waals surface area (Å²) < 4.78 is 34.8. The highest BCUT2D eigenvalue weighted by Crippen LogP contribution is 2.22. The highest BCUT2D eigenvalue weighted by atomic mass is 19.1. The number of carbonyl (C=O) groups is 1. The maximum atomic E-state index is 15.1. The van der Waals surface area contributed by atoms with E-state index in [1.807, 2.05) is 6.92 Å². The zero-order valence-corrected chi connectivity index (χ0v) is 18.6. The first kappa shape index (κ1) is 22.4. The first-order valence-electron chi connectivity index (χ1n) is 11.2. The first-order valence-corrected chi connectivity index (χ1v) is 11.2. The Kier molecular flexibility index (Phi) is 5.96. The van der Waals surface area contributed by atoms with Crippen molar-refractivity contribution in [2.75, 3.05) is 37.6 Å². The van der Waals surface area contributed by atoms with Gasteiger partial charge >= 0.3 is 5.97 Å². The maximum absolute atomic E-state index is 15.1. The van der Waals surface area contributed by atoms with Crippen LogP contribution in [-0.4, -0.2) is 64.8 Å². The number of rotatable bonds is 6. The van der Waals surface area contributed by atoms with Crippen molar-refractivity contribution in [3.8, 4) is 0 Å². The lowest BCUT2D eigenvalue weighted by atomic mass is 10.1. The van der Waals surface area contributed by atoms with Crippen molar-refractivity contribution in [3.05, 3.63) is 63.2 Å². The Hall–Kier alpha value is -3.44. The summed E-state index contributed by atoms with van der Waals surface area (Å²) in [6.07, 6.45) is 1.48. The van der Waals surface area contributed by atoms with Gasteiger partial charge in [-0.2, -0.15) is 0 Å². The third-order valence-corrected chi connectivity index (χ3v) is 6.03. The van der Waals surface area contributed by atoms with Gasteiger partial charge in [0.1, 0.15) is 11.2 Å². The van der Waals surface area contributed by atoms with Gasteiger partial charge in [-0.1, -0.05) is 13.0 Å². The molecule has 9 nitrogen and oxygen atoms in total. The second-order valence-electron chi connectivity index (χ2n) is 8.39. The van der Waals surface area contributed by atoms with E-state index in [2.05, 4.69) is 25.2 Å². The molecule has 3 aromatic rings. The molecular formula is C23H24F2N6O3. The van der Waals surface area contributed by atoms with Gasteiger partial charge in [-0.3, -0.25) is 15.0 Å². The third-order valence-electron chi connectivity index (χ3n) is 6.03. The topological polar surface area (TPSA) is 113 Å². The molecule has 34 heavy (non-hydrogen) atoms. The van der Waals surface area contributed by atoms with Crippen LogP contribution < -0.4 is 15.8 Å². The van der Waals surface area contributed by atoms with E-state index in [4.69, 9.17) is 4.74 Å². The number of aryl methyl sites for hydroxylation is 1. The minimum Gasteiger partial charge on any atom is -0.442 e. The Balaban J connectivity index is 1.24. The number of benzene rings is 1. The van der Waals surface area contributed by atoms with Crippen molar-refractivity contribution in [3.63, 3.8) is 0 Å². The predicted molar refractivity (Wildman–Crippen MR) is 121 cm³/mol. The van der Waals surface area contributed by atoms with Crippen molar-refractivity contribution >= 4 is 22.8 Å². The Morgan fingerprint density at radius 3 is 2.68 bits per heavy atom. The van der Waals surface area contributed by atoms with E-state index in [1.54, 1.807) is 17.0 Å². The first-order chi connectivity index (χ1) is 16.4. The molecule has 11 heteroatoms. The summed E-state index contributed by atoms with van der Waals surface area (Å²) in [5.74, 6) is -1.51. The summed E-state index contributed by atoms with van der Waals surface area (Å²) >= 11 is 0. The van der Waals surface area contributed by atoms with Crippen LogP contribution in [0.15, 0.2) is 29.2 Å². The molecule has 1 atom stereocenters. The third kappa shape index (κ3) is 4.48. The van der Waals surface area contributed by atoms with E-state index in [0.29, 0.717) is 62.5 Å². The number of halogens is 2. The minimum absolute atomic E-state index is 0.0685. The maximum Gasteiger partial charge on any atom is 0.341 e. The fourth-order valence-corrected chi connectivity index (χ4v) is 4.03. The molecule has 2 saturated heterocycles. The summed E-state index contributed by atoms with van der Waals surface area (Å²) in [6, 6.07) is 4.54. The Bertz CT molecular complexity index is 1300. The number of pyridine rings is 1. The van der Waals surface area contributed by atoms with E-state index in [9.17, 15) is 14.0 Å². The summed E-state index contributed by atoms with van der Waals surface area (Å²) in [4.78, 5) is 38.9. The number of hydrogen-bond donors (Lipinski definition) is 2.